The molecule has 5 nitrogen and oxygen atoms in total. The highest BCUT2D eigenvalue weighted by Crippen LogP contribution is 2.56. The second kappa shape index (κ2) is 5.63. The summed E-state index contributed by atoms with van der Waals surface area (Å²) in [6.45, 7) is 0. The molecule has 3 aliphatic heterocycles. The van der Waals surface area contributed by atoms with E-state index in [2.05, 4.69) is 128 Å². The number of ether oxygens (including phenoxy) is 1. The van der Waals surface area contributed by atoms with Crippen molar-refractivity contribution in [3.05, 3.63) is 121 Å². The molecule has 5 heteroatoms. The summed E-state index contributed by atoms with van der Waals surface area (Å²) in [5.74, 6) is 1.82. The molecule has 0 aliphatic carbocycles. The van der Waals surface area contributed by atoms with Crippen molar-refractivity contribution < 1.29 is 13.9 Å². The molecule has 1 atom stereocenters. The summed E-state index contributed by atoms with van der Waals surface area (Å²) < 4.78 is 16.8. The predicted molar refractivity (Wildman–Crippen MR) is 154 cm³/mol. The molecule has 0 saturated carbocycles. The largest absolute Gasteiger partial charge is 0.456 e. The van der Waals surface area contributed by atoms with Crippen molar-refractivity contribution in [3.8, 4) is 17.2 Å². The van der Waals surface area contributed by atoms with Gasteiger partial charge in [0.15, 0.2) is 5.52 Å². The highest BCUT2D eigenvalue weighted by atomic mass is 16.5. The van der Waals surface area contributed by atoms with Crippen molar-refractivity contribution in [1.29, 1.82) is 0 Å². The van der Waals surface area contributed by atoms with E-state index >= 15 is 0 Å². The Kier molecular flexibility index (Phi) is 2.64. The van der Waals surface area contributed by atoms with Gasteiger partial charge in [0.1, 0.15) is 39.3 Å². The molecular formula is C35H18N4O+2. The Morgan fingerprint density at radius 2 is 1.20 bits per heavy atom. The van der Waals surface area contributed by atoms with Gasteiger partial charge in [0.25, 0.3) is 11.3 Å². The van der Waals surface area contributed by atoms with E-state index in [0.717, 1.165) is 11.5 Å². The monoisotopic (exact) mass is 510 g/mol. The highest BCUT2D eigenvalue weighted by Gasteiger charge is 2.63. The number of pyridine rings is 2. The molecule has 1 unspecified atom stereocenters. The van der Waals surface area contributed by atoms with Crippen LogP contribution in [0.1, 0.15) is 11.1 Å². The molecule has 0 amide bonds. The second-order valence-corrected chi connectivity index (χ2v) is 11.4. The molecule has 0 N–H and O–H groups in total. The third-order valence-electron chi connectivity index (χ3n) is 9.86. The summed E-state index contributed by atoms with van der Waals surface area (Å²) in [5, 5.41) is 7.66. The first-order valence-corrected chi connectivity index (χ1v) is 13.8. The van der Waals surface area contributed by atoms with Crippen LogP contribution in [0.2, 0.25) is 0 Å². The van der Waals surface area contributed by atoms with Crippen LogP contribution < -0.4 is 13.9 Å². The van der Waals surface area contributed by atoms with Gasteiger partial charge < -0.3 is 4.74 Å². The van der Waals surface area contributed by atoms with Gasteiger partial charge in [-0.25, -0.2) is 0 Å². The molecule has 0 bridgehead atoms. The number of aromatic nitrogens is 4. The SMILES string of the molecule is c1cc2c3c(c1)-n1c4ccccc4c4ccc[n+](c41)C31c3c(ccc4c5cccc6c7ccc[n+]1c7n(c34)c56)O2. The van der Waals surface area contributed by atoms with Gasteiger partial charge in [-0.3, -0.25) is 0 Å². The van der Waals surface area contributed by atoms with E-state index in [1.165, 1.54) is 77.0 Å². The van der Waals surface area contributed by atoms with Crippen LogP contribution in [0, 0.1) is 0 Å². The number of nitrogens with zero attached hydrogens (tertiary/aromatic N) is 4. The van der Waals surface area contributed by atoms with E-state index in [-0.39, 0.29) is 0 Å². The Bertz CT molecular complexity index is 2690. The molecule has 8 heterocycles. The van der Waals surface area contributed by atoms with E-state index < -0.39 is 5.66 Å². The summed E-state index contributed by atoms with van der Waals surface area (Å²) >= 11 is 0. The lowest BCUT2D eigenvalue weighted by molar-refractivity contribution is -0.954. The van der Waals surface area contributed by atoms with Crippen LogP contribution in [0.4, 0.5) is 0 Å². The van der Waals surface area contributed by atoms with Crippen molar-refractivity contribution in [2.45, 2.75) is 5.66 Å². The lowest BCUT2D eigenvalue weighted by Gasteiger charge is -2.39. The lowest BCUT2D eigenvalue weighted by atomic mass is 9.82. The van der Waals surface area contributed by atoms with Gasteiger partial charge in [0, 0.05) is 21.5 Å². The summed E-state index contributed by atoms with van der Waals surface area (Å²) in [4.78, 5) is 0. The molecule has 0 saturated heterocycles. The third-order valence-corrected chi connectivity index (χ3v) is 9.86. The van der Waals surface area contributed by atoms with Gasteiger partial charge in [-0.15, -0.1) is 0 Å². The Balaban J connectivity index is 1.48. The number of hydrogen-bond donors (Lipinski definition) is 0. The van der Waals surface area contributed by atoms with E-state index in [1.807, 2.05) is 0 Å². The van der Waals surface area contributed by atoms with Crippen LogP contribution in [0.5, 0.6) is 11.5 Å². The van der Waals surface area contributed by atoms with Crippen LogP contribution in [-0.4, -0.2) is 8.97 Å². The minimum absolute atomic E-state index is 0.657. The lowest BCUT2D eigenvalue weighted by Crippen LogP contribution is -2.77. The van der Waals surface area contributed by atoms with E-state index in [9.17, 15) is 0 Å². The molecular weight excluding hydrogens is 492 g/mol. The quantitative estimate of drug-likeness (QED) is 0.213. The molecule has 1 spiro atoms. The molecule has 40 heavy (non-hydrogen) atoms. The smallest absolute Gasteiger partial charge is 0.321 e. The Hall–Kier alpha value is -5.42. The summed E-state index contributed by atoms with van der Waals surface area (Å²) in [6, 6.07) is 35.5. The van der Waals surface area contributed by atoms with Crippen LogP contribution in [-0.2, 0) is 5.66 Å². The normalized spacial score (nSPS) is 17.8. The summed E-state index contributed by atoms with van der Waals surface area (Å²) in [7, 11) is 0. The van der Waals surface area contributed by atoms with Gasteiger partial charge in [0.05, 0.1) is 23.2 Å². The number of benzene rings is 4. The van der Waals surface area contributed by atoms with Crippen LogP contribution in [0.25, 0.3) is 65.8 Å². The van der Waals surface area contributed by atoms with Crippen LogP contribution >= 0.6 is 0 Å². The predicted octanol–water partition coefficient (Wildman–Crippen LogP) is 6.54. The molecule has 3 aliphatic rings. The first-order valence-electron chi connectivity index (χ1n) is 13.8. The van der Waals surface area contributed by atoms with Crippen LogP contribution in [0.15, 0.2) is 109 Å². The number of fused-ring (bicyclic) bond motifs is 6. The maximum atomic E-state index is 6.86. The molecule has 0 fully saturated rings. The summed E-state index contributed by atoms with van der Waals surface area (Å²) in [5.41, 5.74) is 9.08. The van der Waals surface area contributed by atoms with Crippen molar-refractivity contribution in [1.82, 2.24) is 8.97 Å². The first-order chi connectivity index (χ1) is 19.9. The average molecular weight is 511 g/mol. The maximum absolute atomic E-state index is 6.86. The van der Waals surface area contributed by atoms with Gasteiger partial charge in [-0.05, 0) is 72.8 Å². The molecule has 0 radical (unpaired) electrons. The number of rotatable bonds is 0. The van der Waals surface area contributed by atoms with Gasteiger partial charge >= 0.3 is 5.66 Å². The fourth-order valence-corrected chi connectivity index (χ4v) is 8.62. The third kappa shape index (κ3) is 1.60. The van der Waals surface area contributed by atoms with E-state index in [0.29, 0.717) is 0 Å². The zero-order chi connectivity index (χ0) is 25.5. The fraction of sp³-hybridized carbons (Fsp3) is 0.0286. The molecule has 12 rings (SSSR count). The van der Waals surface area contributed by atoms with Crippen molar-refractivity contribution >= 4 is 60.2 Å². The fourth-order valence-electron chi connectivity index (χ4n) is 8.62. The second-order valence-electron chi connectivity index (χ2n) is 11.4. The first kappa shape index (κ1) is 18.8. The average Bonchev–Trinajstić information content (AvgIpc) is 3.65. The standard InChI is InChI=1S/C35H18N4O/c1-2-12-25-19(7-1)23-10-5-17-36-33(23)38(25)26-13-4-14-27-29(26)35(36)30-28(40-27)16-15-22-20-8-3-9-21-24-11-6-18-37(35)34(24)39(31(20)21)32(22)30/h1-18H/q+2. The van der Waals surface area contributed by atoms with Gasteiger partial charge in [-0.1, -0.05) is 24.3 Å². The van der Waals surface area contributed by atoms with Crippen molar-refractivity contribution in [3.63, 3.8) is 0 Å². The van der Waals surface area contributed by atoms with Crippen molar-refractivity contribution in [2.75, 3.05) is 0 Å². The Morgan fingerprint density at radius 1 is 0.525 bits per heavy atom. The Morgan fingerprint density at radius 3 is 2.10 bits per heavy atom. The molecule has 182 valence electrons. The molecule has 9 aromatic rings. The minimum Gasteiger partial charge on any atom is -0.456 e. The van der Waals surface area contributed by atoms with Gasteiger partial charge in [0.2, 0.25) is 0 Å². The summed E-state index contributed by atoms with van der Waals surface area (Å²) in [6.07, 6.45) is 4.55. The number of para-hydroxylation sites is 2. The molecule has 5 aromatic heterocycles. The maximum Gasteiger partial charge on any atom is 0.321 e. The van der Waals surface area contributed by atoms with Crippen LogP contribution in [0.3, 0.4) is 0 Å². The minimum atomic E-state index is -0.657. The number of hydrogen-bond acceptors (Lipinski definition) is 1. The topological polar surface area (TPSA) is 26.3 Å². The zero-order valence-electron chi connectivity index (χ0n) is 21.1. The highest BCUT2D eigenvalue weighted by molar-refractivity contribution is 6.23. The van der Waals surface area contributed by atoms with E-state index in [1.54, 1.807) is 0 Å². The van der Waals surface area contributed by atoms with Gasteiger partial charge in [-0.2, -0.15) is 18.1 Å². The molecule has 4 aromatic carbocycles. The van der Waals surface area contributed by atoms with Crippen molar-refractivity contribution in [2.24, 2.45) is 0 Å². The Labute approximate surface area is 226 Å². The zero-order valence-corrected chi connectivity index (χ0v) is 21.1. The van der Waals surface area contributed by atoms with E-state index in [4.69, 9.17) is 4.74 Å².